The van der Waals surface area contributed by atoms with Crippen molar-refractivity contribution in [1.29, 1.82) is 0 Å². The highest BCUT2D eigenvalue weighted by atomic mass is 15.2. The quantitative estimate of drug-likeness (QED) is 0.299. The Kier molecular flexibility index (Phi) is 4.10. The first-order valence-electron chi connectivity index (χ1n) is 7.51. The van der Waals surface area contributed by atoms with Crippen LogP contribution in [0.2, 0.25) is 0 Å². The van der Waals surface area contributed by atoms with Crippen LogP contribution in [-0.4, -0.2) is 16.0 Å². The number of hydrazone groups is 1. The lowest BCUT2D eigenvalue weighted by atomic mass is 9.99. The number of benzene rings is 2. The zero-order valence-electron chi connectivity index (χ0n) is 13.0. The number of aromatic amines is 1. The summed E-state index contributed by atoms with van der Waals surface area (Å²) in [5.74, 6) is 5.53. The van der Waals surface area contributed by atoms with Crippen LogP contribution in [-0.2, 0) is 6.42 Å². The number of hydrogen-bond donors (Lipinski definition) is 3. The maximum atomic E-state index is 5.72. The van der Waals surface area contributed by atoms with E-state index >= 15 is 0 Å². The van der Waals surface area contributed by atoms with Gasteiger partial charge in [-0.25, -0.2) is 0 Å². The standard InChI is InChI=1S/C18H19N5/c1-2-15-16(12-6-4-3-5-7-12)22-23-17(15)13-8-10-14(11-9-13)18(19)21-20/h3-11H,2,20H2,1H3,(H2,19,21)(H,22,23). The molecule has 23 heavy (non-hydrogen) atoms. The van der Waals surface area contributed by atoms with Gasteiger partial charge in [0, 0.05) is 16.7 Å². The minimum atomic E-state index is 0.321. The average molecular weight is 305 g/mol. The monoisotopic (exact) mass is 305 g/mol. The maximum absolute atomic E-state index is 5.72. The van der Waals surface area contributed by atoms with Crippen molar-refractivity contribution in [2.75, 3.05) is 0 Å². The number of amidine groups is 1. The van der Waals surface area contributed by atoms with Crippen molar-refractivity contribution < 1.29 is 0 Å². The topological polar surface area (TPSA) is 93.1 Å². The fourth-order valence-corrected chi connectivity index (χ4v) is 2.67. The summed E-state index contributed by atoms with van der Waals surface area (Å²) in [5.41, 5.74) is 11.9. The molecule has 5 heteroatoms. The molecule has 0 fully saturated rings. The van der Waals surface area contributed by atoms with Crippen molar-refractivity contribution in [2.24, 2.45) is 16.7 Å². The summed E-state index contributed by atoms with van der Waals surface area (Å²) in [6.45, 7) is 2.13. The first kappa shape index (κ1) is 14.8. The Morgan fingerprint density at radius 2 is 1.74 bits per heavy atom. The summed E-state index contributed by atoms with van der Waals surface area (Å²) >= 11 is 0. The molecule has 1 heterocycles. The molecule has 0 aliphatic carbocycles. The van der Waals surface area contributed by atoms with E-state index in [0.29, 0.717) is 5.84 Å². The average Bonchev–Trinajstić information content (AvgIpc) is 3.06. The zero-order valence-corrected chi connectivity index (χ0v) is 13.0. The molecule has 0 radical (unpaired) electrons. The highest BCUT2D eigenvalue weighted by Crippen LogP contribution is 2.30. The predicted octanol–water partition coefficient (Wildman–Crippen LogP) is 2.89. The van der Waals surface area contributed by atoms with Gasteiger partial charge in [0.25, 0.3) is 0 Å². The van der Waals surface area contributed by atoms with Crippen LogP contribution in [0, 0.1) is 0 Å². The first-order chi connectivity index (χ1) is 11.2. The van der Waals surface area contributed by atoms with Crippen LogP contribution in [0.3, 0.4) is 0 Å². The second-order valence-electron chi connectivity index (χ2n) is 5.24. The van der Waals surface area contributed by atoms with E-state index < -0.39 is 0 Å². The van der Waals surface area contributed by atoms with Crippen molar-refractivity contribution in [3.8, 4) is 22.5 Å². The normalized spacial score (nSPS) is 11.6. The van der Waals surface area contributed by atoms with Crippen molar-refractivity contribution in [2.45, 2.75) is 13.3 Å². The lowest BCUT2D eigenvalue weighted by Gasteiger charge is -2.05. The fourth-order valence-electron chi connectivity index (χ4n) is 2.67. The SMILES string of the molecule is CCc1c(-c2ccccc2)n[nH]c1-c1ccc(/C(N)=N/N)cc1. The van der Waals surface area contributed by atoms with E-state index in [9.17, 15) is 0 Å². The first-order valence-corrected chi connectivity index (χ1v) is 7.51. The summed E-state index contributed by atoms with van der Waals surface area (Å²) in [6, 6.07) is 18.0. The smallest absolute Gasteiger partial charge is 0.150 e. The van der Waals surface area contributed by atoms with Gasteiger partial charge in [-0.05, 0) is 12.0 Å². The minimum absolute atomic E-state index is 0.321. The molecule has 0 atom stereocenters. The fraction of sp³-hybridized carbons (Fsp3) is 0.111. The van der Waals surface area contributed by atoms with E-state index in [-0.39, 0.29) is 0 Å². The molecule has 2 aromatic carbocycles. The molecule has 3 aromatic rings. The molecule has 0 spiro atoms. The molecule has 0 amide bonds. The molecule has 0 bridgehead atoms. The van der Waals surface area contributed by atoms with Gasteiger partial charge in [0.1, 0.15) is 5.84 Å². The third kappa shape index (κ3) is 2.81. The Balaban J connectivity index is 2.02. The Morgan fingerprint density at radius 1 is 1.04 bits per heavy atom. The van der Waals surface area contributed by atoms with Crippen LogP contribution in [0.15, 0.2) is 59.7 Å². The van der Waals surface area contributed by atoms with E-state index in [2.05, 4.69) is 34.4 Å². The number of nitrogens with zero attached hydrogens (tertiary/aromatic N) is 2. The van der Waals surface area contributed by atoms with Crippen LogP contribution >= 0.6 is 0 Å². The molecule has 3 rings (SSSR count). The second-order valence-corrected chi connectivity index (χ2v) is 5.24. The van der Waals surface area contributed by atoms with Gasteiger partial charge in [0.15, 0.2) is 0 Å². The molecular formula is C18H19N5. The largest absolute Gasteiger partial charge is 0.382 e. The Labute approximate surface area is 135 Å². The van der Waals surface area contributed by atoms with Gasteiger partial charge in [0.2, 0.25) is 0 Å². The van der Waals surface area contributed by atoms with Crippen LogP contribution in [0.4, 0.5) is 0 Å². The van der Waals surface area contributed by atoms with Crippen molar-refractivity contribution >= 4 is 5.84 Å². The van der Waals surface area contributed by atoms with Crippen LogP contribution < -0.4 is 11.6 Å². The summed E-state index contributed by atoms with van der Waals surface area (Å²) in [5, 5.41) is 11.2. The van der Waals surface area contributed by atoms with Gasteiger partial charge in [-0.1, -0.05) is 61.5 Å². The minimum Gasteiger partial charge on any atom is -0.382 e. The molecule has 0 saturated heterocycles. The van der Waals surface area contributed by atoms with E-state index in [1.54, 1.807) is 0 Å². The number of hydrogen-bond acceptors (Lipinski definition) is 3. The molecule has 5 nitrogen and oxygen atoms in total. The maximum Gasteiger partial charge on any atom is 0.150 e. The molecule has 0 saturated carbocycles. The predicted molar refractivity (Wildman–Crippen MR) is 93.7 cm³/mol. The molecule has 5 N–H and O–H groups in total. The number of H-pyrrole nitrogens is 1. The van der Waals surface area contributed by atoms with Gasteiger partial charge in [0.05, 0.1) is 11.4 Å². The van der Waals surface area contributed by atoms with Gasteiger partial charge in [-0.3, -0.25) is 5.10 Å². The van der Waals surface area contributed by atoms with Crippen molar-refractivity contribution in [3.05, 3.63) is 65.7 Å². The van der Waals surface area contributed by atoms with Gasteiger partial charge < -0.3 is 11.6 Å². The molecule has 0 aliphatic rings. The summed E-state index contributed by atoms with van der Waals surface area (Å²) < 4.78 is 0. The highest BCUT2D eigenvalue weighted by molar-refractivity contribution is 5.97. The van der Waals surface area contributed by atoms with E-state index in [4.69, 9.17) is 11.6 Å². The summed E-state index contributed by atoms with van der Waals surface area (Å²) in [6.07, 6.45) is 0.893. The van der Waals surface area contributed by atoms with Gasteiger partial charge in [-0.15, -0.1) is 0 Å². The third-order valence-corrected chi connectivity index (χ3v) is 3.88. The molecule has 0 aliphatic heterocycles. The second kappa shape index (κ2) is 6.36. The Hall–Kier alpha value is -3.08. The number of nitrogens with one attached hydrogen (secondary N) is 1. The van der Waals surface area contributed by atoms with Gasteiger partial charge in [-0.2, -0.15) is 10.2 Å². The number of aromatic nitrogens is 2. The van der Waals surface area contributed by atoms with Gasteiger partial charge >= 0.3 is 0 Å². The molecular weight excluding hydrogens is 286 g/mol. The number of rotatable bonds is 4. The Bertz CT molecular complexity index is 816. The van der Waals surface area contributed by atoms with E-state index in [1.807, 2.05) is 42.5 Å². The van der Waals surface area contributed by atoms with E-state index in [0.717, 1.165) is 34.5 Å². The van der Waals surface area contributed by atoms with Crippen LogP contribution in [0.25, 0.3) is 22.5 Å². The summed E-state index contributed by atoms with van der Waals surface area (Å²) in [7, 11) is 0. The molecule has 1 aromatic heterocycles. The van der Waals surface area contributed by atoms with E-state index in [1.165, 1.54) is 5.56 Å². The van der Waals surface area contributed by atoms with Crippen LogP contribution in [0.1, 0.15) is 18.1 Å². The third-order valence-electron chi connectivity index (χ3n) is 3.88. The van der Waals surface area contributed by atoms with Crippen molar-refractivity contribution in [3.63, 3.8) is 0 Å². The zero-order chi connectivity index (χ0) is 16.2. The number of nitrogens with two attached hydrogens (primary N) is 2. The van der Waals surface area contributed by atoms with Crippen LogP contribution in [0.5, 0.6) is 0 Å². The lowest BCUT2D eigenvalue weighted by Crippen LogP contribution is -2.15. The van der Waals surface area contributed by atoms with Crippen molar-refractivity contribution in [1.82, 2.24) is 10.2 Å². The molecule has 0 unspecified atom stereocenters. The molecule has 116 valence electrons. The lowest BCUT2D eigenvalue weighted by molar-refractivity contribution is 1.10. The highest BCUT2D eigenvalue weighted by Gasteiger charge is 2.14. The summed E-state index contributed by atoms with van der Waals surface area (Å²) in [4.78, 5) is 0. The Morgan fingerprint density at radius 3 is 2.35 bits per heavy atom.